The Bertz CT molecular complexity index is 1060. The fourth-order valence-corrected chi connectivity index (χ4v) is 2.55. The van der Waals surface area contributed by atoms with Crippen LogP contribution in [0.2, 0.25) is 0 Å². The molecule has 0 unspecified atom stereocenters. The summed E-state index contributed by atoms with van der Waals surface area (Å²) in [6.45, 7) is 0. The second-order valence-electron chi connectivity index (χ2n) is 5.34. The van der Waals surface area contributed by atoms with Crippen LogP contribution in [0.4, 0.5) is 0 Å². The van der Waals surface area contributed by atoms with Gasteiger partial charge in [-0.05, 0) is 42.0 Å². The third-order valence-corrected chi connectivity index (χ3v) is 3.65. The molecule has 2 aromatic carbocycles. The Morgan fingerprint density at radius 3 is 2.32 bits per heavy atom. The summed E-state index contributed by atoms with van der Waals surface area (Å²) in [5, 5.41) is 38.2. The average molecular weight is 339 g/mol. The molecular weight excluding hydrogens is 326 g/mol. The summed E-state index contributed by atoms with van der Waals surface area (Å²) in [4.78, 5) is 23.6. The van der Waals surface area contributed by atoms with Crippen molar-refractivity contribution in [3.8, 4) is 22.9 Å². The number of carboxylic acids is 1. The Kier molecular flexibility index (Phi) is 3.90. The first kappa shape index (κ1) is 16.1. The molecule has 126 valence electrons. The summed E-state index contributed by atoms with van der Waals surface area (Å²) < 4.78 is 1.22. The van der Waals surface area contributed by atoms with Crippen LogP contribution < -0.4 is 5.56 Å². The zero-order valence-corrected chi connectivity index (χ0v) is 12.7. The lowest BCUT2D eigenvalue weighted by atomic mass is 10.0. The number of aromatic hydroxyl groups is 3. The van der Waals surface area contributed by atoms with Crippen LogP contribution in [0, 0.1) is 0 Å². The molecule has 3 rings (SSSR count). The SMILES string of the molecule is O=C(O)C=Cc1cn(-c2ccc(O)cc2)c(=O)c2c(O)cc(O)cc12. The summed E-state index contributed by atoms with van der Waals surface area (Å²) in [5.41, 5.74) is 0.184. The van der Waals surface area contributed by atoms with Crippen molar-refractivity contribution in [3.05, 3.63) is 64.6 Å². The Labute approximate surface area is 141 Å². The van der Waals surface area contributed by atoms with Crippen LogP contribution in [0.15, 0.2) is 53.5 Å². The average Bonchev–Trinajstić information content (AvgIpc) is 2.54. The van der Waals surface area contributed by atoms with Gasteiger partial charge in [-0.15, -0.1) is 0 Å². The molecule has 1 heterocycles. The first-order valence-corrected chi connectivity index (χ1v) is 7.18. The molecule has 0 bridgehead atoms. The molecule has 0 aliphatic heterocycles. The Hall–Kier alpha value is -3.74. The summed E-state index contributed by atoms with van der Waals surface area (Å²) >= 11 is 0. The highest BCUT2D eigenvalue weighted by Gasteiger charge is 2.14. The van der Waals surface area contributed by atoms with E-state index in [-0.39, 0.29) is 22.3 Å². The number of hydrogen-bond donors (Lipinski definition) is 4. The molecule has 0 amide bonds. The van der Waals surface area contributed by atoms with Gasteiger partial charge in [0.2, 0.25) is 0 Å². The van der Waals surface area contributed by atoms with E-state index >= 15 is 0 Å². The summed E-state index contributed by atoms with van der Waals surface area (Å²) in [6.07, 6.45) is 3.55. The van der Waals surface area contributed by atoms with Gasteiger partial charge in [0.05, 0.1) is 5.39 Å². The minimum Gasteiger partial charge on any atom is -0.508 e. The van der Waals surface area contributed by atoms with Gasteiger partial charge in [0.15, 0.2) is 0 Å². The number of phenolic OH excluding ortho intramolecular Hbond substituents is 3. The fraction of sp³-hybridized carbons (Fsp3) is 0. The predicted octanol–water partition coefficient (Wildman–Crippen LogP) is 2.21. The van der Waals surface area contributed by atoms with Gasteiger partial charge in [-0.3, -0.25) is 9.36 Å². The number of nitrogens with zero attached hydrogens (tertiary/aromatic N) is 1. The van der Waals surface area contributed by atoms with Crippen LogP contribution in [0.5, 0.6) is 17.2 Å². The largest absolute Gasteiger partial charge is 0.508 e. The zero-order valence-electron chi connectivity index (χ0n) is 12.7. The maximum Gasteiger partial charge on any atom is 0.328 e. The number of carboxylic acid groups (broad SMARTS) is 1. The second kappa shape index (κ2) is 6.04. The number of pyridine rings is 1. The molecule has 1 aromatic heterocycles. The van der Waals surface area contributed by atoms with Crippen LogP contribution >= 0.6 is 0 Å². The van der Waals surface area contributed by atoms with Gasteiger partial charge in [0, 0.05) is 29.4 Å². The zero-order chi connectivity index (χ0) is 18.1. The van der Waals surface area contributed by atoms with E-state index in [1.165, 1.54) is 47.2 Å². The lowest BCUT2D eigenvalue weighted by Gasteiger charge is -2.12. The molecule has 0 atom stereocenters. The molecule has 4 N–H and O–H groups in total. The van der Waals surface area contributed by atoms with Crippen molar-refractivity contribution >= 4 is 22.8 Å². The molecule has 3 aromatic rings. The van der Waals surface area contributed by atoms with Crippen molar-refractivity contribution in [2.45, 2.75) is 0 Å². The van der Waals surface area contributed by atoms with Crippen molar-refractivity contribution in [2.24, 2.45) is 0 Å². The van der Waals surface area contributed by atoms with E-state index in [4.69, 9.17) is 5.11 Å². The van der Waals surface area contributed by atoms with Crippen LogP contribution in [-0.4, -0.2) is 31.0 Å². The van der Waals surface area contributed by atoms with E-state index in [1.54, 1.807) is 0 Å². The number of aromatic nitrogens is 1. The Morgan fingerprint density at radius 2 is 1.68 bits per heavy atom. The summed E-state index contributed by atoms with van der Waals surface area (Å²) in [5.74, 6) is -1.83. The minimum atomic E-state index is -1.18. The van der Waals surface area contributed by atoms with Crippen LogP contribution in [0.3, 0.4) is 0 Å². The summed E-state index contributed by atoms with van der Waals surface area (Å²) in [6, 6.07) is 8.12. The Morgan fingerprint density at radius 1 is 1.00 bits per heavy atom. The molecule has 0 spiro atoms. The topological polar surface area (TPSA) is 120 Å². The molecular formula is C18H13NO6. The van der Waals surface area contributed by atoms with Crippen LogP contribution in [0.25, 0.3) is 22.5 Å². The lowest BCUT2D eigenvalue weighted by molar-refractivity contribution is -0.131. The fourth-order valence-electron chi connectivity index (χ4n) is 2.55. The monoisotopic (exact) mass is 339 g/mol. The number of hydrogen-bond acceptors (Lipinski definition) is 5. The van der Waals surface area contributed by atoms with Crippen molar-refractivity contribution in [1.82, 2.24) is 4.57 Å². The number of carbonyl (C=O) groups is 1. The van der Waals surface area contributed by atoms with E-state index in [1.807, 2.05) is 0 Å². The molecule has 0 fully saturated rings. The molecule has 7 nitrogen and oxygen atoms in total. The van der Waals surface area contributed by atoms with Gasteiger partial charge >= 0.3 is 5.97 Å². The predicted molar refractivity (Wildman–Crippen MR) is 91.2 cm³/mol. The molecule has 0 radical (unpaired) electrons. The smallest absolute Gasteiger partial charge is 0.328 e. The third kappa shape index (κ3) is 3.02. The highest BCUT2D eigenvalue weighted by molar-refractivity contribution is 5.97. The van der Waals surface area contributed by atoms with E-state index in [2.05, 4.69) is 0 Å². The first-order chi connectivity index (χ1) is 11.9. The van der Waals surface area contributed by atoms with Gasteiger partial charge < -0.3 is 20.4 Å². The first-order valence-electron chi connectivity index (χ1n) is 7.18. The van der Waals surface area contributed by atoms with E-state index < -0.39 is 17.3 Å². The van der Waals surface area contributed by atoms with Crippen LogP contribution in [0.1, 0.15) is 5.56 Å². The summed E-state index contributed by atoms with van der Waals surface area (Å²) in [7, 11) is 0. The van der Waals surface area contributed by atoms with Gasteiger partial charge in [-0.25, -0.2) is 4.79 Å². The minimum absolute atomic E-state index is 0.0244. The quantitative estimate of drug-likeness (QED) is 0.543. The normalized spacial score (nSPS) is 11.2. The van der Waals surface area contributed by atoms with Gasteiger partial charge in [0.25, 0.3) is 5.56 Å². The molecule has 0 saturated heterocycles. The van der Waals surface area contributed by atoms with Crippen LogP contribution in [-0.2, 0) is 4.79 Å². The molecule has 0 aliphatic carbocycles. The highest BCUT2D eigenvalue weighted by Crippen LogP contribution is 2.30. The number of aliphatic carboxylic acids is 1. The second-order valence-corrected chi connectivity index (χ2v) is 5.34. The number of phenols is 3. The van der Waals surface area contributed by atoms with Gasteiger partial charge in [0.1, 0.15) is 17.2 Å². The van der Waals surface area contributed by atoms with Crippen molar-refractivity contribution in [2.75, 3.05) is 0 Å². The molecule has 0 saturated carbocycles. The van der Waals surface area contributed by atoms with Gasteiger partial charge in [-0.2, -0.15) is 0 Å². The van der Waals surface area contributed by atoms with Crippen molar-refractivity contribution in [1.29, 1.82) is 0 Å². The molecule has 7 heteroatoms. The van der Waals surface area contributed by atoms with Crippen molar-refractivity contribution in [3.63, 3.8) is 0 Å². The maximum atomic E-state index is 12.8. The Balaban J connectivity index is 2.39. The van der Waals surface area contributed by atoms with Gasteiger partial charge in [-0.1, -0.05) is 0 Å². The third-order valence-electron chi connectivity index (χ3n) is 3.65. The maximum absolute atomic E-state index is 12.8. The lowest BCUT2D eigenvalue weighted by Crippen LogP contribution is -2.18. The molecule has 25 heavy (non-hydrogen) atoms. The van der Waals surface area contributed by atoms with E-state index in [0.717, 1.165) is 12.1 Å². The van der Waals surface area contributed by atoms with Crippen molar-refractivity contribution < 1.29 is 25.2 Å². The number of fused-ring (bicyclic) bond motifs is 1. The molecule has 0 aliphatic rings. The standard InChI is InChI=1S/C18H13NO6/c20-12-4-2-11(3-5-12)19-9-10(1-6-16(23)24)14-7-13(21)8-15(22)17(14)18(19)25/h1-9,20-22H,(H,23,24). The number of benzene rings is 2. The number of rotatable bonds is 3. The van der Waals surface area contributed by atoms with E-state index in [0.29, 0.717) is 11.3 Å². The highest BCUT2D eigenvalue weighted by atomic mass is 16.4. The van der Waals surface area contributed by atoms with E-state index in [9.17, 15) is 24.9 Å².